The summed E-state index contributed by atoms with van der Waals surface area (Å²) in [7, 11) is 1.34. The van der Waals surface area contributed by atoms with Crippen molar-refractivity contribution in [2.45, 2.75) is 43.8 Å². The topological polar surface area (TPSA) is 83.3 Å². The van der Waals surface area contributed by atoms with Crippen molar-refractivity contribution < 1.29 is 19.1 Å². The van der Waals surface area contributed by atoms with Crippen LogP contribution in [0.15, 0.2) is 47.9 Å². The molecule has 0 amide bonds. The molecule has 0 spiro atoms. The number of pyridine rings is 1. The predicted octanol–water partition coefficient (Wildman–Crippen LogP) is 3.85. The number of fused-ring (bicyclic) bond motifs is 1. The lowest BCUT2D eigenvalue weighted by Gasteiger charge is -2.20. The number of hydrogen-bond acceptors (Lipinski definition) is 7. The van der Waals surface area contributed by atoms with Gasteiger partial charge in [-0.2, -0.15) is 0 Å². The number of hydrogen-bond donors (Lipinski definition) is 0. The highest BCUT2D eigenvalue weighted by atomic mass is 32.2. The number of rotatable bonds is 6. The number of benzene rings is 1. The van der Waals surface area contributed by atoms with Crippen molar-refractivity contribution in [2.24, 2.45) is 0 Å². The first-order valence-electron chi connectivity index (χ1n) is 9.09. The van der Waals surface area contributed by atoms with Gasteiger partial charge in [-0.25, -0.2) is 9.78 Å². The summed E-state index contributed by atoms with van der Waals surface area (Å²) in [6, 6.07) is 9.40. The van der Waals surface area contributed by atoms with Gasteiger partial charge in [0, 0.05) is 18.1 Å². The number of methoxy groups -OCH3 is 1. The van der Waals surface area contributed by atoms with E-state index in [1.54, 1.807) is 12.3 Å². The highest BCUT2D eigenvalue weighted by Gasteiger charge is 2.20. The zero-order valence-electron chi connectivity index (χ0n) is 16.8. The molecule has 0 atom stereocenters. The first-order valence-corrected chi connectivity index (χ1v) is 10.1. The number of ether oxygens (including phenoxy) is 2. The smallest absolute Gasteiger partial charge is 0.339 e. The maximum atomic E-state index is 12.4. The number of esters is 2. The average Bonchev–Trinajstić information content (AvgIpc) is 3.02. The van der Waals surface area contributed by atoms with Crippen molar-refractivity contribution in [3.8, 4) is 0 Å². The summed E-state index contributed by atoms with van der Waals surface area (Å²) in [6.07, 6.45) is 3.16. The van der Waals surface area contributed by atoms with Gasteiger partial charge in [-0.15, -0.1) is 0 Å². The monoisotopic (exact) mass is 413 g/mol. The van der Waals surface area contributed by atoms with Crippen molar-refractivity contribution in [3.63, 3.8) is 0 Å². The van der Waals surface area contributed by atoms with Crippen molar-refractivity contribution >= 4 is 34.7 Å². The van der Waals surface area contributed by atoms with Crippen LogP contribution in [0.5, 0.6) is 0 Å². The first-order chi connectivity index (χ1) is 13.8. The Hall–Kier alpha value is -2.87. The fourth-order valence-electron chi connectivity index (χ4n) is 2.76. The number of aromatic nitrogens is 3. The Labute approximate surface area is 173 Å². The second-order valence-corrected chi connectivity index (χ2v) is 8.36. The van der Waals surface area contributed by atoms with Crippen LogP contribution < -0.4 is 0 Å². The molecule has 0 unspecified atom stereocenters. The molecule has 3 aromatic rings. The molecule has 0 N–H and O–H groups in total. The van der Waals surface area contributed by atoms with Crippen molar-refractivity contribution in [3.05, 3.63) is 53.9 Å². The highest BCUT2D eigenvalue weighted by molar-refractivity contribution is 7.98. The summed E-state index contributed by atoms with van der Waals surface area (Å²) in [6.45, 7) is 5.59. The van der Waals surface area contributed by atoms with E-state index in [0.717, 1.165) is 16.6 Å². The molecule has 0 aliphatic rings. The quantitative estimate of drug-likeness (QED) is 0.448. The summed E-state index contributed by atoms with van der Waals surface area (Å²) in [4.78, 5) is 32.9. The lowest BCUT2D eigenvalue weighted by molar-refractivity contribution is -0.155. The summed E-state index contributed by atoms with van der Waals surface area (Å²) < 4.78 is 12.1. The molecule has 0 bridgehead atoms. The van der Waals surface area contributed by atoms with Gasteiger partial charge in [0.25, 0.3) is 0 Å². The summed E-state index contributed by atoms with van der Waals surface area (Å²) in [5.74, 6) is -0.214. The van der Waals surface area contributed by atoms with E-state index in [1.807, 2.05) is 49.6 Å². The minimum Gasteiger partial charge on any atom is -0.465 e. The molecule has 2 heterocycles. The molecule has 0 saturated carbocycles. The summed E-state index contributed by atoms with van der Waals surface area (Å²) in [5, 5.41) is 0.695. The van der Waals surface area contributed by atoms with Crippen LogP contribution in [0.3, 0.4) is 0 Å². The van der Waals surface area contributed by atoms with Crippen LogP contribution >= 0.6 is 11.8 Å². The Morgan fingerprint density at radius 1 is 1.17 bits per heavy atom. The second-order valence-electron chi connectivity index (χ2n) is 7.42. The van der Waals surface area contributed by atoms with Crippen LogP contribution in [0.25, 0.3) is 11.0 Å². The minimum absolute atomic E-state index is 0.0700. The molecule has 152 valence electrons. The molecular formula is C21H23N3O4S. The average molecular weight is 413 g/mol. The van der Waals surface area contributed by atoms with E-state index in [-0.39, 0.29) is 12.5 Å². The molecule has 0 aliphatic carbocycles. The van der Waals surface area contributed by atoms with Gasteiger partial charge in [0.05, 0.1) is 23.7 Å². The van der Waals surface area contributed by atoms with Gasteiger partial charge in [0.2, 0.25) is 0 Å². The number of para-hydroxylation sites is 2. The normalized spacial score (nSPS) is 11.4. The van der Waals surface area contributed by atoms with Gasteiger partial charge in [-0.05, 0) is 44.5 Å². The number of carbonyl (C=O) groups is 2. The third kappa shape index (κ3) is 5.35. The molecule has 0 aliphatic heterocycles. The Morgan fingerprint density at radius 2 is 1.93 bits per heavy atom. The first kappa shape index (κ1) is 20.9. The van der Waals surface area contributed by atoms with Gasteiger partial charge in [0.15, 0.2) is 5.16 Å². The van der Waals surface area contributed by atoms with E-state index in [0.29, 0.717) is 16.5 Å². The van der Waals surface area contributed by atoms with Crippen LogP contribution in [0.4, 0.5) is 0 Å². The van der Waals surface area contributed by atoms with E-state index in [2.05, 4.69) is 9.97 Å². The van der Waals surface area contributed by atoms with Gasteiger partial charge in [-0.3, -0.25) is 9.78 Å². The molecule has 7 nitrogen and oxygen atoms in total. The lowest BCUT2D eigenvalue weighted by Crippen LogP contribution is -2.26. The Kier molecular flexibility index (Phi) is 6.22. The molecule has 2 aromatic heterocycles. The fraction of sp³-hybridized carbons (Fsp3) is 0.333. The Balaban J connectivity index is 1.84. The molecule has 0 radical (unpaired) electrons. The van der Waals surface area contributed by atoms with Crippen molar-refractivity contribution in [1.82, 2.24) is 14.5 Å². The summed E-state index contributed by atoms with van der Waals surface area (Å²) in [5.41, 5.74) is 2.37. The minimum atomic E-state index is -0.555. The van der Waals surface area contributed by atoms with Gasteiger partial charge in [-0.1, -0.05) is 23.9 Å². The second kappa shape index (κ2) is 8.65. The molecule has 1 aromatic carbocycles. The molecule has 8 heteroatoms. The third-order valence-electron chi connectivity index (χ3n) is 3.91. The van der Waals surface area contributed by atoms with Gasteiger partial charge < -0.3 is 14.0 Å². The van der Waals surface area contributed by atoms with Gasteiger partial charge in [0.1, 0.15) is 12.1 Å². The maximum Gasteiger partial charge on any atom is 0.339 e. The molecule has 0 fully saturated rings. The van der Waals surface area contributed by atoms with Crippen molar-refractivity contribution in [1.29, 1.82) is 0 Å². The van der Waals surface area contributed by atoms with Crippen LogP contribution in [0.1, 0.15) is 36.7 Å². The van der Waals surface area contributed by atoms with E-state index < -0.39 is 11.6 Å². The molecular weight excluding hydrogens is 390 g/mol. The lowest BCUT2D eigenvalue weighted by atomic mass is 10.2. The molecule has 3 rings (SSSR count). The van der Waals surface area contributed by atoms with E-state index in [9.17, 15) is 9.59 Å². The van der Waals surface area contributed by atoms with E-state index >= 15 is 0 Å². The zero-order chi connectivity index (χ0) is 21.0. The van der Waals surface area contributed by atoms with E-state index in [4.69, 9.17) is 9.47 Å². The molecule has 29 heavy (non-hydrogen) atoms. The Morgan fingerprint density at radius 3 is 2.66 bits per heavy atom. The van der Waals surface area contributed by atoms with Crippen LogP contribution in [-0.4, -0.2) is 39.2 Å². The number of nitrogens with zero attached hydrogens (tertiary/aromatic N) is 3. The number of thioether (sulfide) groups is 1. The standard InChI is InChI=1S/C21H23N3O4S/c1-21(2,3)28-18(25)12-24-17-8-6-5-7-16(17)23-20(24)29-13-14-9-15(11-22-10-14)19(26)27-4/h5-11H,12-13H2,1-4H3. The SMILES string of the molecule is COC(=O)c1cncc(CSc2nc3ccccc3n2CC(=O)OC(C)(C)C)c1. The molecule has 0 saturated heterocycles. The van der Waals surface area contributed by atoms with Crippen LogP contribution in [-0.2, 0) is 26.6 Å². The zero-order valence-corrected chi connectivity index (χ0v) is 17.7. The van der Waals surface area contributed by atoms with E-state index in [1.165, 1.54) is 25.1 Å². The fourth-order valence-corrected chi connectivity index (χ4v) is 3.70. The number of carbonyl (C=O) groups excluding carboxylic acids is 2. The Bertz CT molecular complexity index is 1040. The summed E-state index contributed by atoms with van der Waals surface area (Å²) >= 11 is 1.47. The largest absolute Gasteiger partial charge is 0.465 e. The van der Waals surface area contributed by atoms with Crippen molar-refractivity contribution in [2.75, 3.05) is 7.11 Å². The maximum absolute atomic E-state index is 12.4. The van der Waals surface area contributed by atoms with Gasteiger partial charge >= 0.3 is 11.9 Å². The third-order valence-corrected chi connectivity index (χ3v) is 4.96. The predicted molar refractivity (Wildman–Crippen MR) is 111 cm³/mol. The number of imidazole rings is 1. The van der Waals surface area contributed by atoms with Crippen LogP contribution in [0.2, 0.25) is 0 Å². The van der Waals surface area contributed by atoms with Crippen LogP contribution in [0, 0.1) is 0 Å². The highest BCUT2D eigenvalue weighted by Crippen LogP contribution is 2.27.